The minimum atomic E-state index is -0.236. The number of benzene rings is 1. The van der Waals surface area contributed by atoms with Crippen LogP contribution in [0.15, 0.2) is 24.3 Å². The second-order valence-corrected chi connectivity index (χ2v) is 8.46. The fraction of sp³-hybridized carbons (Fsp3) is 0.636. The average molecular weight is 372 g/mol. The van der Waals surface area contributed by atoms with Crippen molar-refractivity contribution < 1.29 is 9.59 Å². The van der Waals surface area contributed by atoms with Crippen LogP contribution in [0.4, 0.5) is 0 Å². The van der Waals surface area contributed by atoms with E-state index in [-0.39, 0.29) is 23.3 Å². The molecule has 0 aromatic heterocycles. The maximum Gasteiger partial charge on any atom is 0.244 e. The summed E-state index contributed by atoms with van der Waals surface area (Å²) in [6, 6.07) is 7.93. The van der Waals surface area contributed by atoms with Crippen molar-refractivity contribution in [3.8, 4) is 0 Å². The van der Waals surface area contributed by atoms with Crippen LogP contribution in [-0.4, -0.2) is 66.8 Å². The van der Waals surface area contributed by atoms with Gasteiger partial charge in [0, 0.05) is 32.6 Å². The molecule has 2 heterocycles. The molecule has 2 saturated heterocycles. The lowest BCUT2D eigenvalue weighted by molar-refractivity contribution is -0.144. The van der Waals surface area contributed by atoms with Gasteiger partial charge in [0.1, 0.15) is 6.04 Å². The summed E-state index contributed by atoms with van der Waals surface area (Å²) in [4.78, 5) is 31.4. The summed E-state index contributed by atoms with van der Waals surface area (Å²) >= 11 is 0. The standard InChI is InChI=1S/C22H33N3O2/c1-5-24-16-22(11-10-19(24)26)12-14-25(15-13-22)21(27)20(23(3)4)18-9-7-6-8-17(18)2/h6-9,20H,5,10-16H2,1-4H3/t20-/m1/s1. The molecule has 0 bridgehead atoms. The van der Waals surface area contributed by atoms with Gasteiger partial charge in [0.15, 0.2) is 0 Å². The van der Waals surface area contributed by atoms with E-state index in [9.17, 15) is 9.59 Å². The van der Waals surface area contributed by atoms with Gasteiger partial charge in [0.2, 0.25) is 11.8 Å². The normalized spacial score (nSPS) is 21.0. The molecule has 2 fully saturated rings. The zero-order chi connectivity index (χ0) is 19.6. The lowest BCUT2D eigenvalue weighted by Crippen LogP contribution is -2.53. The van der Waals surface area contributed by atoms with Crippen molar-refractivity contribution in [3.05, 3.63) is 35.4 Å². The monoisotopic (exact) mass is 371 g/mol. The molecule has 3 rings (SSSR count). The van der Waals surface area contributed by atoms with E-state index in [2.05, 4.69) is 26.0 Å². The van der Waals surface area contributed by atoms with Crippen LogP contribution in [0.2, 0.25) is 0 Å². The maximum absolute atomic E-state index is 13.4. The van der Waals surface area contributed by atoms with Crippen molar-refractivity contribution in [2.45, 2.75) is 45.6 Å². The maximum atomic E-state index is 13.4. The molecular formula is C22H33N3O2. The lowest BCUT2D eigenvalue weighted by Gasteiger charge is -2.48. The molecule has 2 aliphatic heterocycles. The van der Waals surface area contributed by atoms with Gasteiger partial charge >= 0.3 is 0 Å². The van der Waals surface area contributed by atoms with Crippen molar-refractivity contribution >= 4 is 11.8 Å². The Hall–Kier alpha value is -1.88. The molecule has 1 aromatic carbocycles. The molecule has 2 amide bonds. The number of carbonyl (C=O) groups is 2. The molecule has 1 spiro atoms. The Morgan fingerprint density at radius 3 is 2.44 bits per heavy atom. The van der Waals surface area contributed by atoms with Crippen LogP contribution in [0.5, 0.6) is 0 Å². The van der Waals surface area contributed by atoms with E-state index in [0.717, 1.165) is 56.6 Å². The van der Waals surface area contributed by atoms with Crippen molar-refractivity contribution in [1.29, 1.82) is 0 Å². The van der Waals surface area contributed by atoms with Gasteiger partial charge in [-0.2, -0.15) is 0 Å². The molecule has 1 aromatic rings. The van der Waals surface area contributed by atoms with E-state index < -0.39 is 0 Å². The summed E-state index contributed by atoms with van der Waals surface area (Å²) in [6.45, 7) is 7.36. The third-order valence-corrected chi connectivity index (χ3v) is 6.50. The Morgan fingerprint density at radius 2 is 1.85 bits per heavy atom. The smallest absolute Gasteiger partial charge is 0.244 e. The second-order valence-electron chi connectivity index (χ2n) is 8.46. The van der Waals surface area contributed by atoms with E-state index in [4.69, 9.17) is 0 Å². The predicted molar refractivity (Wildman–Crippen MR) is 107 cm³/mol. The Balaban J connectivity index is 1.70. The first-order valence-electron chi connectivity index (χ1n) is 10.2. The van der Waals surface area contributed by atoms with E-state index >= 15 is 0 Å². The number of piperidine rings is 2. The van der Waals surface area contributed by atoms with E-state index in [1.165, 1.54) is 0 Å². The summed E-state index contributed by atoms with van der Waals surface area (Å²) in [6.07, 6.45) is 3.62. The van der Waals surface area contributed by atoms with Crippen LogP contribution in [0.1, 0.15) is 49.8 Å². The fourth-order valence-corrected chi connectivity index (χ4v) is 4.70. The van der Waals surface area contributed by atoms with E-state index in [1.54, 1.807) is 0 Å². The quantitative estimate of drug-likeness (QED) is 0.817. The van der Waals surface area contributed by atoms with Gasteiger partial charge in [-0.1, -0.05) is 24.3 Å². The molecule has 148 valence electrons. The molecule has 0 N–H and O–H groups in total. The zero-order valence-electron chi connectivity index (χ0n) is 17.2. The van der Waals surface area contributed by atoms with Gasteiger partial charge in [-0.3, -0.25) is 14.5 Å². The van der Waals surface area contributed by atoms with Crippen LogP contribution in [0.25, 0.3) is 0 Å². The highest BCUT2D eigenvalue weighted by Crippen LogP contribution is 2.40. The van der Waals surface area contributed by atoms with Crippen molar-refractivity contribution in [3.63, 3.8) is 0 Å². The number of amides is 2. The number of likely N-dealkylation sites (N-methyl/N-ethyl adjacent to an activating group) is 1. The first kappa shape index (κ1) is 19.9. The number of rotatable bonds is 4. The highest BCUT2D eigenvalue weighted by atomic mass is 16.2. The van der Waals surface area contributed by atoms with Gasteiger partial charge in [0.25, 0.3) is 0 Å². The van der Waals surface area contributed by atoms with Crippen molar-refractivity contribution in [2.24, 2.45) is 5.41 Å². The Kier molecular flexibility index (Phi) is 5.89. The van der Waals surface area contributed by atoms with Crippen molar-refractivity contribution in [1.82, 2.24) is 14.7 Å². The number of likely N-dealkylation sites (tertiary alicyclic amines) is 2. The third kappa shape index (κ3) is 4.03. The van der Waals surface area contributed by atoms with Crippen LogP contribution in [0.3, 0.4) is 0 Å². The minimum absolute atomic E-state index is 0.198. The first-order chi connectivity index (χ1) is 12.9. The van der Waals surface area contributed by atoms with Gasteiger partial charge in [-0.15, -0.1) is 0 Å². The second kappa shape index (κ2) is 8.01. The van der Waals surface area contributed by atoms with Gasteiger partial charge in [0.05, 0.1) is 0 Å². The van der Waals surface area contributed by atoms with Crippen LogP contribution >= 0.6 is 0 Å². The summed E-state index contributed by atoms with van der Waals surface area (Å²) < 4.78 is 0. The molecule has 27 heavy (non-hydrogen) atoms. The molecule has 1 atom stereocenters. The summed E-state index contributed by atoms with van der Waals surface area (Å²) in [5.74, 6) is 0.484. The highest BCUT2D eigenvalue weighted by molar-refractivity contribution is 5.84. The fourth-order valence-electron chi connectivity index (χ4n) is 4.70. The zero-order valence-corrected chi connectivity index (χ0v) is 17.2. The molecule has 0 saturated carbocycles. The van der Waals surface area contributed by atoms with Crippen LogP contribution in [-0.2, 0) is 9.59 Å². The molecule has 0 radical (unpaired) electrons. The molecule has 5 nitrogen and oxygen atoms in total. The molecule has 2 aliphatic rings. The van der Waals surface area contributed by atoms with Crippen LogP contribution < -0.4 is 0 Å². The number of hydrogen-bond donors (Lipinski definition) is 0. The summed E-state index contributed by atoms with van der Waals surface area (Å²) in [7, 11) is 3.96. The number of aryl methyl sites for hydroxylation is 1. The van der Waals surface area contributed by atoms with Gasteiger partial charge in [-0.05, 0) is 63.7 Å². The topological polar surface area (TPSA) is 43.9 Å². The molecule has 5 heteroatoms. The van der Waals surface area contributed by atoms with Crippen molar-refractivity contribution in [2.75, 3.05) is 40.3 Å². The Bertz CT molecular complexity index is 693. The minimum Gasteiger partial charge on any atom is -0.342 e. The van der Waals surface area contributed by atoms with Gasteiger partial charge in [-0.25, -0.2) is 0 Å². The molecule has 0 aliphatic carbocycles. The number of nitrogens with zero attached hydrogens (tertiary/aromatic N) is 3. The highest BCUT2D eigenvalue weighted by Gasteiger charge is 2.42. The summed E-state index contributed by atoms with van der Waals surface area (Å²) in [5.41, 5.74) is 2.45. The number of hydrogen-bond acceptors (Lipinski definition) is 3. The summed E-state index contributed by atoms with van der Waals surface area (Å²) in [5, 5.41) is 0. The first-order valence-corrected chi connectivity index (χ1v) is 10.2. The molecule has 0 unspecified atom stereocenters. The third-order valence-electron chi connectivity index (χ3n) is 6.50. The lowest BCUT2D eigenvalue weighted by atomic mass is 9.72. The van der Waals surface area contributed by atoms with E-state index in [0.29, 0.717) is 6.42 Å². The SMILES string of the molecule is CCN1CC2(CCC1=O)CCN(C(=O)[C@@H](c1ccccc1C)N(C)C)CC2. The van der Waals surface area contributed by atoms with E-state index in [1.807, 2.05) is 40.9 Å². The van der Waals surface area contributed by atoms with Crippen LogP contribution in [0, 0.1) is 12.3 Å². The van der Waals surface area contributed by atoms with Gasteiger partial charge < -0.3 is 9.80 Å². The molecular weight excluding hydrogens is 338 g/mol. The predicted octanol–water partition coefficient (Wildman–Crippen LogP) is 2.85. The average Bonchev–Trinajstić information content (AvgIpc) is 2.66. The number of carbonyl (C=O) groups excluding carboxylic acids is 2. The largest absolute Gasteiger partial charge is 0.342 e. The Labute approximate surface area is 163 Å². The Morgan fingerprint density at radius 1 is 1.19 bits per heavy atom.